The molecule has 0 amide bonds. The molecular weight excluding hydrogens is 660 g/mol. The molecule has 0 aliphatic rings. The molecule has 0 fully saturated rings. The Morgan fingerprint density at radius 2 is 1.25 bits per heavy atom. The van der Waals surface area contributed by atoms with Crippen molar-refractivity contribution in [3.05, 3.63) is 80.7 Å². The predicted molar refractivity (Wildman–Crippen MR) is 156 cm³/mol. The summed E-state index contributed by atoms with van der Waals surface area (Å²) in [6, 6.07) is 12.8. The Morgan fingerprint density at radius 3 is 1.75 bits per heavy atom. The van der Waals surface area contributed by atoms with Crippen molar-refractivity contribution < 1.29 is 35.8 Å². The van der Waals surface area contributed by atoms with Crippen LogP contribution in [0.4, 0.5) is 26.3 Å². The quantitative estimate of drug-likeness (QED) is 0.169. The number of aromatic nitrogens is 5. The number of imidazole rings is 2. The standard InChI is InChI=1S/C18H18F3N3O2.C11H10BrF3N2O/c1-11-8-14(10-23(3)17(11)25)13-4-5-15-16(9-13)24(12(2)22-15)6-7-26-18(19,20)21;1-7-16-9-3-2-8(12)6-10(9)17(7)4-5-18-11(13,14)15/h4-5,8-10H,6-7H2,1-3H3;2-3,6H,4-5H2,1H3. The summed E-state index contributed by atoms with van der Waals surface area (Å²) >= 11 is 3.32. The number of fused-ring (bicyclic) bond motifs is 2. The number of hydrogen-bond donors (Lipinski definition) is 0. The fourth-order valence-corrected chi connectivity index (χ4v) is 5.09. The van der Waals surface area contributed by atoms with Gasteiger partial charge in [-0.05, 0) is 68.3 Å². The molecule has 2 aromatic carbocycles. The first kappa shape index (κ1) is 33.2. The van der Waals surface area contributed by atoms with Gasteiger partial charge in [0, 0.05) is 36.4 Å². The van der Waals surface area contributed by atoms with Gasteiger partial charge < -0.3 is 13.7 Å². The maximum atomic E-state index is 12.2. The van der Waals surface area contributed by atoms with Gasteiger partial charge in [0.05, 0.1) is 35.3 Å². The zero-order valence-corrected chi connectivity index (χ0v) is 25.6. The highest BCUT2D eigenvalue weighted by atomic mass is 79.9. The first-order valence-electron chi connectivity index (χ1n) is 13.2. The minimum atomic E-state index is -4.65. The number of nitrogens with zero attached hydrogens (tertiary/aromatic N) is 5. The van der Waals surface area contributed by atoms with Crippen molar-refractivity contribution in [3.63, 3.8) is 0 Å². The molecule has 0 radical (unpaired) electrons. The van der Waals surface area contributed by atoms with Gasteiger partial charge in [0.15, 0.2) is 0 Å². The molecule has 0 aliphatic carbocycles. The topological polar surface area (TPSA) is 76.1 Å². The molecular formula is C29H28BrF6N5O3. The predicted octanol–water partition coefficient (Wildman–Crippen LogP) is 7.20. The lowest BCUT2D eigenvalue weighted by Crippen LogP contribution is -2.18. The summed E-state index contributed by atoms with van der Waals surface area (Å²) in [4.78, 5) is 20.5. The van der Waals surface area contributed by atoms with Crippen molar-refractivity contribution in [2.75, 3.05) is 13.2 Å². The summed E-state index contributed by atoms with van der Waals surface area (Å²) in [6.45, 7) is 4.47. The minimum absolute atomic E-state index is 0.0393. The lowest BCUT2D eigenvalue weighted by atomic mass is 10.1. The van der Waals surface area contributed by atoms with Crippen LogP contribution in [0.3, 0.4) is 0 Å². The number of rotatable bonds is 7. The van der Waals surface area contributed by atoms with Crippen molar-refractivity contribution in [1.82, 2.24) is 23.7 Å². The summed E-state index contributed by atoms with van der Waals surface area (Å²) in [5, 5.41) is 0. The Hall–Kier alpha value is -3.69. The number of pyridine rings is 1. The van der Waals surface area contributed by atoms with Crippen molar-refractivity contribution in [2.24, 2.45) is 7.05 Å². The second kappa shape index (κ2) is 13.1. The van der Waals surface area contributed by atoms with E-state index in [1.165, 1.54) is 4.57 Å². The van der Waals surface area contributed by atoms with Crippen LogP contribution in [0.2, 0.25) is 0 Å². The minimum Gasteiger partial charge on any atom is -0.326 e. The maximum Gasteiger partial charge on any atom is 0.522 e. The SMILES string of the molecule is Cc1cc(-c2ccc3nc(C)n(CCOC(F)(F)F)c3c2)cn(C)c1=O.Cc1nc2ccc(Br)cc2n1CCOC(F)(F)F. The molecule has 44 heavy (non-hydrogen) atoms. The van der Waals surface area contributed by atoms with E-state index in [4.69, 9.17) is 0 Å². The first-order valence-corrected chi connectivity index (χ1v) is 14.0. The summed E-state index contributed by atoms with van der Waals surface area (Å²) in [5.41, 5.74) is 5.21. The number of alkyl halides is 6. The van der Waals surface area contributed by atoms with E-state index in [-0.39, 0.29) is 18.6 Å². The van der Waals surface area contributed by atoms with Crippen LogP contribution in [-0.4, -0.2) is 49.6 Å². The Labute approximate surface area is 256 Å². The van der Waals surface area contributed by atoms with Crippen molar-refractivity contribution in [1.29, 1.82) is 0 Å². The average molecular weight is 688 g/mol. The second-order valence-electron chi connectivity index (χ2n) is 9.87. The maximum absolute atomic E-state index is 12.2. The number of benzene rings is 2. The fraction of sp³-hybridized carbons (Fsp3) is 0.345. The normalized spacial score (nSPS) is 12.2. The third kappa shape index (κ3) is 8.27. The van der Waals surface area contributed by atoms with E-state index in [1.54, 1.807) is 49.2 Å². The van der Waals surface area contributed by atoms with Gasteiger partial charge in [-0.1, -0.05) is 22.0 Å². The van der Waals surface area contributed by atoms with Crippen LogP contribution in [0.1, 0.15) is 17.2 Å². The molecule has 0 saturated carbocycles. The van der Waals surface area contributed by atoms with Crippen LogP contribution in [0.25, 0.3) is 33.2 Å². The smallest absolute Gasteiger partial charge is 0.326 e. The van der Waals surface area contributed by atoms with E-state index in [1.807, 2.05) is 36.4 Å². The molecule has 0 bridgehead atoms. The van der Waals surface area contributed by atoms with Crippen LogP contribution in [0.5, 0.6) is 0 Å². The van der Waals surface area contributed by atoms with Gasteiger partial charge >= 0.3 is 12.7 Å². The van der Waals surface area contributed by atoms with Crippen LogP contribution >= 0.6 is 15.9 Å². The molecule has 0 aliphatic heterocycles. The average Bonchev–Trinajstić information content (AvgIpc) is 3.40. The third-order valence-electron chi connectivity index (χ3n) is 6.70. The molecule has 236 valence electrons. The van der Waals surface area contributed by atoms with Crippen molar-refractivity contribution in [2.45, 2.75) is 46.6 Å². The van der Waals surface area contributed by atoms with Crippen molar-refractivity contribution in [3.8, 4) is 11.1 Å². The second-order valence-corrected chi connectivity index (χ2v) is 10.8. The molecule has 0 spiro atoms. The molecule has 5 aromatic rings. The molecule has 8 nitrogen and oxygen atoms in total. The number of halogens is 7. The lowest BCUT2D eigenvalue weighted by molar-refractivity contribution is -0.326. The molecule has 5 rings (SSSR count). The molecule has 0 saturated heterocycles. The van der Waals surface area contributed by atoms with Gasteiger partial charge in [-0.25, -0.2) is 9.97 Å². The monoisotopic (exact) mass is 687 g/mol. The van der Waals surface area contributed by atoms with Crippen LogP contribution in [0, 0.1) is 20.8 Å². The van der Waals surface area contributed by atoms with E-state index >= 15 is 0 Å². The highest BCUT2D eigenvalue weighted by Gasteiger charge is 2.29. The highest BCUT2D eigenvalue weighted by molar-refractivity contribution is 9.10. The molecule has 3 aromatic heterocycles. The van der Waals surface area contributed by atoms with E-state index < -0.39 is 25.9 Å². The zero-order chi connectivity index (χ0) is 32.4. The van der Waals surface area contributed by atoms with Gasteiger partial charge in [0.1, 0.15) is 11.6 Å². The fourth-order valence-electron chi connectivity index (χ4n) is 4.74. The summed E-state index contributed by atoms with van der Waals surface area (Å²) in [7, 11) is 1.68. The van der Waals surface area contributed by atoms with Gasteiger partial charge in [-0.3, -0.25) is 14.3 Å². The van der Waals surface area contributed by atoms with Gasteiger partial charge in [0.25, 0.3) is 5.56 Å². The summed E-state index contributed by atoms with van der Waals surface area (Å²) in [6.07, 6.45) is -7.51. The Morgan fingerprint density at radius 1 is 0.750 bits per heavy atom. The van der Waals surface area contributed by atoms with Crippen LogP contribution in [0.15, 0.2) is 57.9 Å². The Kier molecular flexibility index (Phi) is 9.90. The van der Waals surface area contributed by atoms with Crippen LogP contribution < -0.4 is 5.56 Å². The zero-order valence-electron chi connectivity index (χ0n) is 24.1. The highest BCUT2D eigenvalue weighted by Crippen LogP contribution is 2.26. The van der Waals surface area contributed by atoms with Gasteiger partial charge in [-0.2, -0.15) is 0 Å². The molecule has 3 heterocycles. The Bertz CT molecular complexity index is 1820. The first-order chi connectivity index (χ1) is 20.5. The van der Waals surface area contributed by atoms with E-state index in [0.29, 0.717) is 22.7 Å². The summed E-state index contributed by atoms with van der Waals surface area (Å²) in [5.74, 6) is 1.27. The lowest BCUT2D eigenvalue weighted by Gasteiger charge is -2.11. The molecule has 15 heteroatoms. The van der Waals surface area contributed by atoms with Crippen molar-refractivity contribution >= 4 is 38.0 Å². The van der Waals surface area contributed by atoms with E-state index in [2.05, 4.69) is 35.4 Å². The molecule has 0 N–H and O–H groups in total. The number of ether oxygens (including phenoxy) is 2. The van der Waals surface area contributed by atoms with Gasteiger partial charge in [0.2, 0.25) is 0 Å². The molecule has 0 unspecified atom stereocenters. The van der Waals surface area contributed by atoms with Gasteiger partial charge in [-0.15, -0.1) is 26.3 Å². The number of aryl methyl sites for hydroxylation is 4. The molecule has 0 atom stereocenters. The Balaban J connectivity index is 0.000000215. The summed E-state index contributed by atoms with van der Waals surface area (Å²) < 4.78 is 85.8. The van der Waals surface area contributed by atoms with E-state index in [0.717, 1.165) is 32.1 Å². The van der Waals surface area contributed by atoms with Crippen LogP contribution in [-0.2, 0) is 29.6 Å². The van der Waals surface area contributed by atoms with E-state index in [9.17, 15) is 31.1 Å². The third-order valence-corrected chi connectivity index (χ3v) is 7.19. The number of hydrogen-bond acceptors (Lipinski definition) is 5. The largest absolute Gasteiger partial charge is 0.522 e.